The van der Waals surface area contributed by atoms with Crippen molar-refractivity contribution in [2.75, 3.05) is 13.2 Å². The Bertz CT molecular complexity index is 163. The summed E-state index contributed by atoms with van der Waals surface area (Å²) in [6.45, 7) is 6.86. The van der Waals surface area contributed by atoms with Crippen molar-refractivity contribution < 1.29 is 4.74 Å². The van der Waals surface area contributed by atoms with Gasteiger partial charge in [0.1, 0.15) is 0 Å². The van der Waals surface area contributed by atoms with Crippen molar-refractivity contribution in [1.29, 1.82) is 0 Å². The van der Waals surface area contributed by atoms with Crippen molar-refractivity contribution in [3.05, 3.63) is 0 Å². The summed E-state index contributed by atoms with van der Waals surface area (Å²) >= 11 is 0. The molecule has 2 saturated heterocycles. The fraction of sp³-hybridized carbons (Fsp3) is 1.00. The molecule has 2 unspecified atom stereocenters. The summed E-state index contributed by atoms with van der Waals surface area (Å²) in [7, 11) is 0. The third-order valence-electron chi connectivity index (χ3n) is 3.73. The fourth-order valence-corrected chi connectivity index (χ4v) is 2.72. The number of ether oxygens (including phenoxy) is 1. The molecule has 2 aliphatic rings. The van der Waals surface area contributed by atoms with Gasteiger partial charge < -0.3 is 10.1 Å². The van der Waals surface area contributed by atoms with Crippen LogP contribution in [0.3, 0.4) is 0 Å². The molecule has 2 rings (SSSR count). The summed E-state index contributed by atoms with van der Waals surface area (Å²) in [6, 6.07) is 0.626. The number of piperidine rings is 1. The second kappa shape index (κ2) is 4.63. The molecule has 14 heavy (non-hydrogen) atoms. The van der Waals surface area contributed by atoms with Crippen LogP contribution >= 0.6 is 0 Å². The summed E-state index contributed by atoms with van der Waals surface area (Å²) in [5.74, 6) is 1.73. The zero-order chi connectivity index (χ0) is 9.97. The third kappa shape index (κ3) is 2.48. The summed E-state index contributed by atoms with van der Waals surface area (Å²) < 4.78 is 5.87. The van der Waals surface area contributed by atoms with Gasteiger partial charge in [-0.05, 0) is 44.1 Å². The van der Waals surface area contributed by atoms with E-state index in [-0.39, 0.29) is 0 Å². The molecule has 0 radical (unpaired) electrons. The Morgan fingerprint density at radius 2 is 1.86 bits per heavy atom. The SMILES string of the molecule is C[C@@H]1CCOC(C2C[C@@H](C)CCN2)C1. The van der Waals surface area contributed by atoms with Crippen LogP contribution in [0.25, 0.3) is 0 Å². The maximum absolute atomic E-state index is 5.87. The van der Waals surface area contributed by atoms with E-state index in [0.29, 0.717) is 12.1 Å². The standard InChI is InChI=1S/C12H23NO/c1-9-3-5-13-11(7-9)12-8-10(2)4-6-14-12/h9-13H,3-8H2,1-2H3/t9-,10+,11?,12?/m0/s1. The Kier molecular flexibility index (Phi) is 3.45. The molecule has 2 heteroatoms. The molecule has 0 aromatic rings. The summed E-state index contributed by atoms with van der Waals surface area (Å²) in [5.41, 5.74) is 0. The second-order valence-electron chi connectivity index (χ2n) is 5.23. The topological polar surface area (TPSA) is 21.3 Å². The lowest BCUT2D eigenvalue weighted by atomic mass is 9.86. The molecule has 0 aromatic carbocycles. The minimum atomic E-state index is 0.487. The first kappa shape index (κ1) is 10.4. The average Bonchev–Trinajstić information content (AvgIpc) is 2.18. The molecule has 0 amide bonds. The molecule has 2 aliphatic heterocycles. The lowest BCUT2D eigenvalue weighted by Crippen LogP contribution is -2.48. The van der Waals surface area contributed by atoms with Gasteiger partial charge in [-0.15, -0.1) is 0 Å². The van der Waals surface area contributed by atoms with E-state index < -0.39 is 0 Å². The van der Waals surface area contributed by atoms with Crippen LogP contribution in [-0.2, 0) is 4.74 Å². The zero-order valence-electron chi connectivity index (χ0n) is 9.46. The molecule has 0 bridgehead atoms. The average molecular weight is 197 g/mol. The molecular formula is C12H23NO. The van der Waals surface area contributed by atoms with Gasteiger partial charge in [0.15, 0.2) is 0 Å². The van der Waals surface area contributed by atoms with E-state index in [1.165, 1.54) is 32.2 Å². The molecule has 1 N–H and O–H groups in total. The van der Waals surface area contributed by atoms with Crippen molar-refractivity contribution in [1.82, 2.24) is 5.32 Å². The van der Waals surface area contributed by atoms with Gasteiger partial charge in [-0.1, -0.05) is 13.8 Å². The Balaban J connectivity index is 1.86. The highest BCUT2D eigenvalue weighted by Crippen LogP contribution is 2.26. The first-order valence-corrected chi connectivity index (χ1v) is 6.10. The van der Waals surface area contributed by atoms with Crippen molar-refractivity contribution in [3.8, 4) is 0 Å². The Morgan fingerprint density at radius 1 is 1.07 bits per heavy atom. The number of hydrogen-bond acceptors (Lipinski definition) is 2. The normalized spacial score (nSPS) is 45.0. The molecule has 0 spiro atoms. The molecular weight excluding hydrogens is 174 g/mol. The van der Waals surface area contributed by atoms with Crippen molar-refractivity contribution in [2.24, 2.45) is 11.8 Å². The minimum Gasteiger partial charge on any atom is -0.377 e. The van der Waals surface area contributed by atoms with Crippen LogP contribution in [0.1, 0.15) is 39.5 Å². The molecule has 2 nitrogen and oxygen atoms in total. The van der Waals surface area contributed by atoms with Gasteiger partial charge in [0, 0.05) is 12.6 Å². The number of nitrogens with one attached hydrogen (secondary N) is 1. The van der Waals surface area contributed by atoms with Gasteiger partial charge in [0.05, 0.1) is 6.10 Å². The lowest BCUT2D eigenvalue weighted by Gasteiger charge is -2.37. The van der Waals surface area contributed by atoms with E-state index in [2.05, 4.69) is 19.2 Å². The number of rotatable bonds is 1. The lowest BCUT2D eigenvalue weighted by molar-refractivity contribution is -0.0346. The van der Waals surface area contributed by atoms with Gasteiger partial charge in [0.2, 0.25) is 0 Å². The minimum absolute atomic E-state index is 0.487. The summed E-state index contributed by atoms with van der Waals surface area (Å²) in [4.78, 5) is 0. The molecule has 0 saturated carbocycles. The Morgan fingerprint density at radius 3 is 2.57 bits per heavy atom. The van der Waals surface area contributed by atoms with Crippen molar-refractivity contribution >= 4 is 0 Å². The van der Waals surface area contributed by atoms with Gasteiger partial charge in [-0.3, -0.25) is 0 Å². The van der Waals surface area contributed by atoms with Gasteiger partial charge in [-0.2, -0.15) is 0 Å². The van der Waals surface area contributed by atoms with E-state index in [0.717, 1.165) is 18.4 Å². The Hall–Kier alpha value is -0.0800. The highest BCUT2D eigenvalue weighted by atomic mass is 16.5. The van der Waals surface area contributed by atoms with Crippen LogP contribution in [-0.4, -0.2) is 25.3 Å². The molecule has 2 fully saturated rings. The smallest absolute Gasteiger partial charge is 0.0730 e. The van der Waals surface area contributed by atoms with Crippen molar-refractivity contribution in [3.63, 3.8) is 0 Å². The molecule has 4 atom stereocenters. The Labute approximate surface area is 87.4 Å². The van der Waals surface area contributed by atoms with Crippen LogP contribution in [0.15, 0.2) is 0 Å². The number of hydrogen-bond donors (Lipinski definition) is 1. The highest BCUT2D eigenvalue weighted by Gasteiger charge is 2.30. The maximum Gasteiger partial charge on any atom is 0.0730 e. The predicted molar refractivity (Wildman–Crippen MR) is 58.3 cm³/mol. The molecule has 0 aromatic heterocycles. The van der Waals surface area contributed by atoms with Crippen LogP contribution in [0.5, 0.6) is 0 Å². The monoisotopic (exact) mass is 197 g/mol. The first-order chi connectivity index (χ1) is 6.75. The predicted octanol–water partition coefficient (Wildman–Crippen LogP) is 2.19. The van der Waals surface area contributed by atoms with Crippen molar-refractivity contribution in [2.45, 2.75) is 51.7 Å². The first-order valence-electron chi connectivity index (χ1n) is 6.10. The van der Waals surface area contributed by atoms with Crippen LogP contribution in [0.4, 0.5) is 0 Å². The third-order valence-corrected chi connectivity index (χ3v) is 3.73. The van der Waals surface area contributed by atoms with E-state index in [1.807, 2.05) is 0 Å². The highest BCUT2D eigenvalue weighted by molar-refractivity contribution is 4.85. The molecule has 0 aliphatic carbocycles. The zero-order valence-corrected chi connectivity index (χ0v) is 9.46. The largest absolute Gasteiger partial charge is 0.377 e. The molecule has 82 valence electrons. The summed E-state index contributed by atoms with van der Waals surface area (Å²) in [5, 5.41) is 3.61. The van der Waals surface area contributed by atoms with Gasteiger partial charge >= 0.3 is 0 Å². The van der Waals surface area contributed by atoms with E-state index in [4.69, 9.17) is 4.74 Å². The van der Waals surface area contributed by atoms with E-state index in [1.54, 1.807) is 0 Å². The van der Waals surface area contributed by atoms with Crippen LogP contribution < -0.4 is 5.32 Å². The van der Waals surface area contributed by atoms with E-state index >= 15 is 0 Å². The van der Waals surface area contributed by atoms with Crippen LogP contribution in [0, 0.1) is 11.8 Å². The fourth-order valence-electron chi connectivity index (χ4n) is 2.72. The molecule has 2 heterocycles. The summed E-state index contributed by atoms with van der Waals surface area (Å²) in [6.07, 6.45) is 5.63. The quantitative estimate of drug-likeness (QED) is 0.696. The van der Waals surface area contributed by atoms with E-state index in [9.17, 15) is 0 Å². The van der Waals surface area contributed by atoms with Crippen LogP contribution in [0.2, 0.25) is 0 Å². The van der Waals surface area contributed by atoms with Gasteiger partial charge in [-0.25, -0.2) is 0 Å². The van der Waals surface area contributed by atoms with Gasteiger partial charge in [0.25, 0.3) is 0 Å². The maximum atomic E-state index is 5.87. The second-order valence-corrected chi connectivity index (χ2v) is 5.23.